The lowest BCUT2D eigenvalue weighted by molar-refractivity contribution is 0.288. The molecule has 1 aliphatic rings. The van der Waals surface area contributed by atoms with Crippen LogP contribution in [-0.4, -0.2) is 16.4 Å². The number of aryl methyl sites for hydroxylation is 2. The second kappa shape index (κ2) is 4.98. The summed E-state index contributed by atoms with van der Waals surface area (Å²) in [6.07, 6.45) is 2.15. The van der Waals surface area contributed by atoms with E-state index in [1.54, 1.807) is 0 Å². The first-order valence-electron chi connectivity index (χ1n) is 6.38. The Hall–Kier alpha value is -1.33. The Morgan fingerprint density at radius 3 is 3.05 bits per heavy atom. The number of benzene rings is 1. The van der Waals surface area contributed by atoms with Crippen molar-refractivity contribution < 1.29 is 4.74 Å². The number of nitrogens with two attached hydrogens (primary N) is 1. The summed E-state index contributed by atoms with van der Waals surface area (Å²) in [6, 6.07) is 6.31. The third-order valence-electron chi connectivity index (χ3n) is 3.43. The van der Waals surface area contributed by atoms with Gasteiger partial charge in [-0.05, 0) is 52.5 Å². The lowest BCUT2D eigenvalue weighted by Gasteiger charge is -2.18. The van der Waals surface area contributed by atoms with Gasteiger partial charge in [-0.15, -0.1) is 0 Å². The van der Waals surface area contributed by atoms with Crippen LogP contribution in [0.3, 0.4) is 0 Å². The van der Waals surface area contributed by atoms with E-state index in [-0.39, 0.29) is 0 Å². The Bertz CT molecular complexity index is 621. The summed E-state index contributed by atoms with van der Waals surface area (Å²) >= 11 is 3.60. The molecule has 0 radical (unpaired) electrons. The molecule has 100 valence electrons. The molecule has 1 aliphatic heterocycles. The van der Waals surface area contributed by atoms with Gasteiger partial charge in [-0.1, -0.05) is 0 Å². The van der Waals surface area contributed by atoms with Gasteiger partial charge in [0.05, 0.1) is 22.5 Å². The van der Waals surface area contributed by atoms with Gasteiger partial charge in [0.15, 0.2) is 0 Å². The van der Waals surface area contributed by atoms with Crippen LogP contribution in [-0.2, 0) is 20.0 Å². The van der Waals surface area contributed by atoms with Gasteiger partial charge in [-0.2, -0.15) is 5.10 Å². The third kappa shape index (κ3) is 2.17. The molecule has 19 heavy (non-hydrogen) atoms. The predicted molar refractivity (Wildman–Crippen MR) is 78.1 cm³/mol. The Labute approximate surface area is 120 Å². The number of hydrogen-bond donors (Lipinski definition) is 1. The Kier molecular flexibility index (Phi) is 3.33. The fourth-order valence-corrected chi connectivity index (χ4v) is 3.23. The molecule has 1 aromatic heterocycles. The SMILES string of the molecule is Cn1nc(CN)c(Br)c1-c1ccc2c(c1)CCCO2. The number of ether oxygens (including phenoxy) is 1. The predicted octanol–water partition coefficient (Wildman–Crippen LogP) is 2.63. The van der Waals surface area contributed by atoms with Crippen LogP contribution < -0.4 is 10.5 Å². The molecule has 0 saturated carbocycles. The summed E-state index contributed by atoms with van der Waals surface area (Å²) < 4.78 is 8.50. The molecule has 0 amide bonds. The quantitative estimate of drug-likeness (QED) is 0.925. The smallest absolute Gasteiger partial charge is 0.122 e. The number of halogens is 1. The van der Waals surface area contributed by atoms with E-state index in [0.717, 1.165) is 46.6 Å². The van der Waals surface area contributed by atoms with Gasteiger partial charge in [0.25, 0.3) is 0 Å². The standard InChI is InChI=1S/C14H16BrN3O/c1-18-14(13(15)11(8-16)17-18)10-4-5-12-9(7-10)3-2-6-19-12/h4-5,7H,2-3,6,8,16H2,1H3. The fraction of sp³-hybridized carbons (Fsp3) is 0.357. The molecule has 0 atom stereocenters. The summed E-state index contributed by atoms with van der Waals surface area (Å²) in [5, 5.41) is 4.43. The number of hydrogen-bond acceptors (Lipinski definition) is 3. The maximum absolute atomic E-state index is 5.70. The van der Waals surface area contributed by atoms with Crippen LogP contribution >= 0.6 is 15.9 Å². The highest BCUT2D eigenvalue weighted by Crippen LogP contribution is 2.34. The molecule has 4 nitrogen and oxygen atoms in total. The molecule has 0 bridgehead atoms. The topological polar surface area (TPSA) is 53.1 Å². The Morgan fingerprint density at radius 2 is 2.32 bits per heavy atom. The van der Waals surface area contributed by atoms with E-state index < -0.39 is 0 Å². The molecule has 0 aliphatic carbocycles. The molecule has 2 heterocycles. The van der Waals surface area contributed by atoms with Crippen molar-refractivity contribution in [2.45, 2.75) is 19.4 Å². The fourth-order valence-electron chi connectivity index (χ4n) is 2.51. The lowest BCUT2D eigenvalue weighted by Crippen LogP contribution is -2.08. The molecule has 5 heteroatoms. The number of fused-ring (bicyclic) bond motifs is 1. The first-order valence-corrected chi connectivity index (χ1v) is 7.17. The van der Waals surface area contributed by atoms with Crippen molar-refractivity contribution in [2.24, 2.45) is 12.8 Å². The molecule has 2 N–H and O–H groups in total. The average molecular weight is 322 g/mol. The summed E-state index contributed by atoms with van der Waals surface area (Å²) in [4.78, 5) is 0. The van der Waals surface area contributed by atoms with Crippen LogP contribution in [0.1, 0.15) is 17.7 Å². The highest BCUT2D eigenvalue weighted by Gasteiger charge is 2.17. The molecule has 0 fully saturated rings. The molecular formula is C14H16BrN3O. The van der Waals surface area contributed by atoms with Gasteiger partial charge in [0.1, 0.15) is 5.75 Å². The zero-order valence-electron chi connectivity index (χ0n) is 10.8. The van der Waals surface area contributed by atoms with Crippen LogP contribution in [0.4, 0.5) is 0 Å². The average Bonchev–Trinajstić information content (AvgIpc) is 2.73. The molecule has 0 unspecified atom stereocenters. The van der Waals surface area contributed by atoms with Crippen molar-refractivity contribution in [3.63, 3.8) is 0 Å². The van der Waals surface area contributed by atoms with E-state index in [2.05, 4.69) is 33.2 Å². The maximum atomic E-state index is 5.70. The van der Waals surface area contributed by atoms with E-state index >= 15 is 0 Å². The van der Waals surface area contributed by atoms with Gasteiger partial charge >= 0.3 is 0 Å². The largest absolute Gasteiger partial charge is 0.493 e. The van der Waals surface area contributed by atoms with Crippen LogP contribution in [0.25, 0.3) is 11.3 Å². The van der Waals surface area contributed by atoms with Gasteiger partial charge in [-0.3, -0.25) is 4.68 Å². The summed E-state index contributed by atoms with van der Waals surface area (Å²) in [5.74, 6) is 1.01. The van der Waals surface area contributed by atoms with Crippen LogP contribution in [0.15, 0.2) is 22.7 Å². The summed E-state index contributed by atoms with van der Waals surface area (Å²) in [6.45, 7) is 1.25. The minimum absolute atomic E-state index is 0.433. The number of aromatic nitrogens is 2. The van der Waals surface area contributed by atoms with E-state index in [0.29, 0.717) is 6.54 Å². The third-order valence-corrected chi connectivity index (χ3v) is 4.26. The summed E-state index contributed by atoms with van der Waals surface area (Å²) in [7, 11) is 1.94. The van der Waals surface area contributed by atoms with Crippen molar-refractivity contribution in [1.82, 2.24) is 9.78 Å². The van der Waals surface area contributed by atoms with Gasteiger partial charge in [0, 0.05) is 19.2 Å². The normalized spacial score (nSPS) is 14.1. The van der Waals surface area contributed by atoms with Crippen molar-refractivity contribution >= 4 is 15.9 Å². The zero-order chi connectivity index (χ0) is 13.4. The highest BCUT2D eigenvalue weighted by molar-refractivity contribution is 9.10. The van der Waals surface area contributed by atoms with Crippen molar-refractivity contribution in [3.8, 4) is 17.0 Å². The highest BCUT2D eigenvalue weighted by atomic mass is 79.9. The minimum Gasteiger partial charge on any atom is -0.493 e. The minimum atomic E-state index is 0.433. The second-order valence-electron chi connectivity index (χ2n) is 4.71. The van der Waals surface area contributed by atoms with Crippen molar-refractivity contribution in [3.05, 3.63) is 33.9 Å². The van der Waals surface area contributed by atoms with Gasteiger partial charge < -0.3 is 10.5 Å². The zero-order valence-corrected chi connectivity index (χ0v) is 12.4. The van der Waals surface area contributed by atoms with Gasteiger partial charge in [-0.25, -0.2) is 0 Å². The number of rotatable bonds is 2. The van der Waals surface area contributed by atoms with Crippen LogP contribution in [0.5, 0.6) is 5.75 Å². The van der Waals surface area contributed by atoms with Crippen molar-refractivity contribution in [1.29, 1.82) is 0 Å². The Balaban J connectivity index is 2.09. The monoisotopic (exact) mass is 321 g/mol. The first kappa shape index (κ1) is 12.7. The molecule has 0 saturated heterocycles. The maximum Gasteiger partial charge on any atom is 0.122 e. The molecule has 0 spiro atoms. The Morgan fingerprint density at radius 1 is 1.47 bits per heavy atom. The summed E-state index contributed by atoms with van der Waals surface area (Å²) in [5.41, 5.74) is 10.1. The van der Waals surface area contributed by atoms with Crippen LogP contribution in [0.2, 0.25) is 0 Å². The molecule has 3 rings (SSSR count). The van der Waals surface area contributed by atoms with Crippen molar-refractivity contribution in [2.75, 3.05) is 6.61 Å². The van der Waals surface area contributed by atoms with E-state index in [9.17, 15) is 0 Å². The van der Waals surface area contributed by atoms with E-state index in [4.69, 9.17) is 10.5 Å². The van der Waals surface area contributed by atoms with Gasteiger partial charge in [0.2, 0.25) is 0 Å². The molecule has 1 aromatic carbocycles. The van der Waals surface area contributed by atoms with E-state index in [1.165, 1.54) is 5.56 Å². The second-order valence-corrected chi connectivity index (χ2v) is 5.50. The molecular weight excluding hydrogens is 306 g/mol. The number of nitrogens with zero attached hydrogens (tertiary/aromatic N) is 2. The first-order chi connectivity index (χ1) is 9.20. The van der Waals surface area contributed by atoms with E-state index in [1.807, 2.05) is 17.8 Å². The lowest BCUT2D eigenvalue weighted by atomic mass is 10.0. The van der Waals surface area contributed by atoms with Crippen LogP contribution in [0, 0.1) is 0 Å². The molecule has 2 aromatic rings.